The third-order valence-corrected chi connectivity index (χ3v) is 5.05. The van der Waals surface area contributed by atoms with Gasteiger partial charge in [0.1, 0.15) is 11.4 Å². The van der Waals surface area contributed by atoms with E-state index < -0.39 is 0 Å². The molecule has 7 heteroatoms. The van der Waals surface area contributed by atoms with E-state index in [9.17, 15) is 4.79 Å². The number of carbonyl (C=O) groups excluding carboxylic acids is 1. The second-order valence-electron chi connectivity index (χ2n) is 5.79. The van der Waals surface area contributed by atoms with E-state index in [1.807, 2.05) is 47.8 Å². The van der Waals surface area contributed by atoms with Crippen LogP contribution in [0.5, 0.6) is 0 Å². The first kappa shape index (κ1) is 17.5. The molecule has 134 valence electrons. The van der Waals surface area contributed by atoms with E-state index in [1.165, 1.54) is 0 Å². The van der Waals surface area contributed by atoms with Crippen LogP contribution < -0.4 is 5.32 Å². The molecule has 1 aromatic carbocycles. The number of amides is 1. The molecule has 0 unspecified atom stereocenters. The molecule has 5 nitrogen and oxygen atoms in total. The molecule has 0 aliphatic rings. The standard InChI is InChI=1S/C20H15ClN4OS/c21-14-5-3-7-16(11-14)25-18(12-17(24-25)19-8-4-10-27-19)20(26)23-13-15-6-1-2-9-22-15/h1-12H,13H2,(H,23,26). The lowest BCUT2D eigenvalue weighted by Crippen LogP contribution is -2.25. The molecule has 4 rings (SSSR count). The van der Waals surface area contributed by atoms with E-state index >= 15 is 0 Å². The van der Waals surface area contributed by atoms with Crippen molar-refractivity contribution in [2.45, 2.75) is 6.54 Å². The number of nitrogens with one attached hydrogen (secondary N) is 1. The molecule has 3 heterocycles. The minimum Gasteiger partial charge on any atom is -0.345 e. The first-order chi connectivity index (χ1) is 13.2. The Balaban J connectivity index is 1.68. The summed E-state index contributed by atoms with van der Waals surface area (Å²) in [5.41, 5.74) is 2.70. The number of benzene rings is 1. The maximum absolute atomic E-state index is 12.9. The van der Waals surface area contributed by atoms with Crippen LogP contribution in [0.2, 0.25) is 5.02 Å². The largest absolute Gasteiger partial charge is 0.345 e. The highest BCUT2D eigenvalue weighted by Crippen LogP contribution is 2.26. The summed E-state index contributed by atoms with van der Waals surface area (Å²) in [6.07, 6.45) is 1.70. The smallest absolute Gasteiger partial charge is 0.270 e. The molecule has 1 N–H and O–H groups in total. The molecule has 0 atom stereocenters. The fourth-order valence-electron chi connectivity index (χ4n) is 2.66. The van der Waals surface area contributed by atoms with Crippen LogP contribution in [0.1, 0.15) is 16.2 Å². The van der Waals surface area contributed by atoms with Crippen LogP contribution in [-0.4, -0.2) is 20.7 Å². The van der Waals surface area contributed by atoms with Crippen molar-refractivity contribution in [3.05, 3.63) is 88.7 Å². The van der Waals surface area contributed by atoms with E-state index in [4.69, 9.17) is 11.6 Å². The van der Waals surface area contributed by atoms with Gasteiger partial charge in [-0.2, -0.15) is 5.10 Å². The van der Waals surface area contributed by atoms with Crippen LogP contribution in [0.4, 0.5) is 0 Å². The van der Waals surface area contributed by atoms with Crippen molar-refractivity contribution in [2.24, 2.45) is 0 Å². The highest BCUT2D eigenvalue weighted by Gasteiger charge is 2.18. The van der Waals surface area contributed by atoms with Gasteiger partial charge in [-0.05, 0) is 47.8 Å². The molecule has 0 radical (unpaired) electrons. The van der Waals surface area contributed by atoms with E-state index in [1.54, 1.807) is 40.4 Å². The van der Waals surface area contributed by atoms with Gasteiger partial charge in [0.25, 0.3) is 5.91 Å². The molecule has 0 saturated carbocycles. The van der Waals surface area contributed by atoms with Crippen LogP contribution in [0.15, 0.2) is 72.2 Å². The van der Waals surface area contributed by atoms with Crippen LogP contribution in [0, 0.1) is 0 Å². The Hall–Kier alpha value is -2.96. The van der Waals surface area contributed by atoms with Crippen LogP contribution in [0.3, 0.4) is 0 Å². The molecular formula is C20H15ClN4OS. The fraction of sp³-hybridized carbons (Fsp3) is 0.0500. The maximum Gasteiger partial charge on any atom is 0.270 e. The monoisotopic (exact) mass is 394 g/mol. The minimum absolute atomic E-state index is 0.226. The highest BCUT2D eigenvalue weighted by molar-refractivity contribution is 7.13. The molecule has 0 fully saturated rings. The minimum atomic E-state index is -0.226. The number of carbonyl (C=O) groups is 1. The normalized spacial score (nSPS) is 10.7. The topological polar surface area (TPSA) is 59.8 Å². The lowest BCUT2D eigenvalue weighted by atomic mass is 10.2. The number of aromatic nitrogens is 3. The SMILES string of the molecule is O=C(NCc1ccccn1)c1cc(-c2cccs2)nn1-c1cccc(Cl)c1. The molecule has 0 saturated heterocycles. The number of hydrogen-bond acceptors (Lipinski definition) is 4. The third kappa shape index (κ3) is 3.92. The van der Waals surface area contributed by atoms with Gasteiger partial charge in [0.15, 0.2) is 0 Å². The molecular weight excluding hydrogens is 380 g/mol. The second-order valence-corrected chi connectivity index (χ2v) is 7.17. The summed E-state index contributed by atoms with van der Waals surface area (Å²) < 4.78 is 1.62. The van der Waals surface area contributed by atoms with Gasteiger partial charge in [-0.3, -0.25) is 9.78 Å². The Morgan fingerprint density at radius 1 is 1.11 bits per heavy atom. The summed E-state index contributed by atoms with van der Waals surface area (Å²) in [5, 5.41) is 10.1. The first-order valence-corrected chi connectivity index (χ1v) is 9.54. The van der Waals surface area contributed by atoms with Crippen LogP contribution in [-0.2, 0) is 6.54 Å². The second kappa shape index (κ2) is 7.73. The van der Waals surface area contributed by atoms with Crippen molar-refractivity contribution in [3.8, 4) is 16.3 Å². The van der Waals surface area contributed by atoms with Gasteiger partial charge in [0.2, 0.25) is 0 Å². The van der Waals surface area contributed by atoms with Gasteiger partial charge in [0, 0.05) is 11.2 Å². The van der Waals surface area contributed by atoms with Crippen LogP contribution in [0.25, 0.3) is 16.3 Å². The molecule has 0 aliphatic carbocycles. The summed E-state index contributed by atoms with van der Waals surface area (Å²) >= 11 is 7.70. The van der Waals surface area contributed by atoms with E-state index in [-0.39, 0.29) is 5.91 Å². The molecule has 0 aliphatic heterocycles. The zero-order valence-electron chi connectivity index (χ0n) is 14.2. The Kier molecular flexibility index (Phi) is 5.00. The van der Waals surface area contributed by atoms with Crippen molar-refractivity contribution >= 4 is 28.8 Å². The number of thiophene rings is 1. The quantitative estimate of drug-likeness (QED) is 0.539. The van der Waals surface area contributed by atoms with Gasteiger partial charge in [0.05, 0.1) is 22.8 Å². The number of halogens is 1. The number of pyridine rings is 1. The third-order valence-electron chi connectivity index (χ3n) is 3.92. The van der Waals surface area contributed by atoms with Gasteiger partial charge in [-0.1, -0.05) is 29.8 Å². The van der Waals surface area contributed by atoms with Crippen molar-refractivity contribution in [3.63, 3.8) is 0 Å². The summed E-state index contributed by atoms with van der Waals surface area (Å²) in [7, 11) is 0. The van der Waals surface area contributed by atoms with Gasteiger partial charge in [-0.15, -0.1) is 11.3 Å². The molecule has 0 spiro atoms. The fourth-order valence-corrected chi connectivity index (χ4v) is 3.52. The van der Waals surface area contributed by atoms with E-state index in [2.05, 4.69) is 15.4 Å². The molecule has 27 heavy (non-hydrogen) atoms. The summed E-state index contributed by atoms with van der Waals surface area (Å²) in [6, 6.07) is 18.6. The van der Waals surface area contributed by atoms with E-state index in [0.29, 0.717) is 17.3 Å². The molecule has 4 aromatic rings. The molecule has 0 bridgehead atoms. The number of nitrogens with zero attached hydrogens (tertiary/aromatic N) is 3. The Morgan fingerprint density at radius 3 is 2.78 bits per heavy atom. The molecule has 1 amide bonds. The van der Waals surface area contributed by atoms with Crippen molar-refractivity contribution in [2.75, 3.05) is 0 Å². The van der Waals surface area contributed by atoms with E-state index in [0.717, 1.165) is 22.0 Å². The maximum atomic E-state index is 12.9. The highest BCUT2D eigenvalue weighted by atomic mass is 35.5. The Bertz CT molecular complexity index is 1060. The first-order valence-electron chi connectivity index (χ1n) is 8.29. The zero-order chi connectivity index (χ0) is 18.6. The van der Waals surface area contributed by atoms with Crippen molar-refractivity contribution in [1.82, 2.24) is 20.1 Å². The predicted molar refractivity (Wildman–Crippen MR) is 107 cm³/mol. The molecule has 3 aromatic heterocycles. The number of rotatable bonds is 5. The van der Waals surface area contributed by atoms with Crippen LogP contribution >= 0.6 is 22.9 Å². The average molecular weight is 395 g/mol. The lowest BCUT2D eigenvalue weighted by molar-refractivity contribution is 0.0942. The Morgan fingerprint density at radius 2 is 2.04 bits per heavy atom. The van der Waals surface area contributed by atoms with Crippen molar-refractivity contribution < 1.29 is 4.79 Å². The summed E-state index contributed by atoms with van der Waals surface area (Å²) in [5.74, 6) is -0.226. The Labute approximate surface area is 165 Å². The van der Waals surface area contributed by atoms with Gasteiger partial charge >= 0.3 is 0 Å². The zero-order valence-corrected chi connectivity index (χ0v) is 15.7. The van der Waals surface area contributed by atoms with Gasteiger partial charge in [-0.25, -0.2) is 4.68 Å². The average Bonchev–Trinajstić information content (AvgIpc) is 3.36. The number of hydrogen-bond donors (Lipinski definition) is 1. The van der Waals surface area contributed by atoms with Crippen molar-refractivity contribution in [1.29, 1.82) is 0 Å². The lowest BCUT2D eigenvalue weighted by Gasteiger charge is -2.08. The predicted octanol–water partition coefficient (Wildman–Crippen LogP) is 4.58. The van der Waals surface area contributed by atoms with Gasteiger partial charge < -0.3 is 5.32 Å². The summed E-state index contributed by atoms with van der Waals surface area (Å²) in [4.78, 5) is 18.1. The summed E-state index contributed by atoms with van der Waals surface area (Å²) in [6.45, 7) is 0.342.